The summed E-state index contributed by atoms with van der Waals surface area (Å²) in [6, 6.07) is 57.5. The fourth-order valence-corrected chi connectivity index (χ4v) is 8.14. The van der Waals surface area contributed by atoms with Crippen LogP contribution in [-0.2, 0) is 4.74 Å². The summed E-state index contributed by atoms with van der Waals surface area (Å²) in [5.41, 5.74) is 6.45. The van der Waals surface area contributed by atoms with E-state index in [0.717, 1.165) is 43.1 Å². The number of carbonyl (C=O) groups is 5. The Balaban J connectivity index is 0.000000162. The molecule has 0 aliphatic heterocycles. The highest BCUT2D eigenvalue weighted by molar-refractivity contribution is 9.10. The molecule has 0 saturated carbocycles. The number of benzene rings is 8. The quantitative estimate of drug-likeness (QED) is 0.0839. The molecule has 2 heterocycles. The Morgan fingerprint density at radius 2 is 0.974 bits per heavy atom. The summed E-state index contributed by atoms with van der Waals surface area (Å²) >= 11 is 3.39. The Labute approximate surface area is 458 Å². The molecule has 8 aromatic carbocycles. The number of H-pyrrole nitrogens is 1. The van der Waals surface area contributed by atoms with E-state index in [-0.39, 0.29) is 23.1 Å². The van der Waals surface area contributed by atoms with Gasteiger partial charge < -0.3 is 40.3 Å². The number of aromatic nitrogens is 2. The number of rotatable bonds is 11. The van der Waals surface area contributed by atoms with E-state index in [0.29, 0.717) is 45.4 Å². The van der Waals surface area contributed by atoms with Gasteiger partial charge >= 0.3 is 12.1 Å². The lowest BCUT2D eigenvalue weighted by molar-refractivity contribution is 0.0543. The second kappa shape index (κ2) is 24.7. The monoisotopic (exact) mass is 1100 g/mol. The second-order valence-corrected chi connectivity index (χ2v) is 19.6. The average molecular weight is 1110 g/mol. The smallest absolute Gasteiger partial charge is 0.418 e. The molecular weight excluding hydrogens is 1050 g/mol. The number of anilines is 3. The largest absolute Gasteiger partial charge is 0.478 e. The van der Waals surface area contributed by atoms with Crippen molar-refractivity contribution >= 4 is 84.6 Å². The Kier molecular flexibility index (Phi) is 17.3. The van der Waals surface area contributed by atoms with Gasteiger partial charge in [0, 0.05) is 73.4 Å². The SMILES string of the molecule is Cc1ccc(Br)cc1NC(=O)c1ccccc1.Cc1ccc(Oc2ccc3c(ccn3C(=O)OC(C)(C)C)c2)cc1NC(=O)c1ccccc1.O=C(Nc1cc(Oc2ccc3[nH]ccc3c2)ccc1C(=O)O)c1ccccc1. The molecule has 0 aliphatic rings. The van der Waals surface area contributed by atoms with Crippen molar-refractivity contribution in [3.63, 3.8) is 0 Å². The summed E-state index contributed by atoms with van der Waals surface area (Å²) in [7, 11) is 0. The van der Waals surface area contributed by atoms with Gasteiger partial charge in [0.1, 0.15) is 28.6 Å². The molecule has 3 amide bonds. The number of hydrogen-bond donors (Lipinski definition) is 5. The van der Waals surface area contributed by atoms with Crippen molar-refractivity contribution in [3.8, 4) is 23.0 Å². The zero-order valence-corrected chi connectivity index (χ0v) is 44.8. The molecule has 2 aromatic heterocycles. The number of aromatic carboxylic acids is 1. The van der Waals surface area contributed by atoms with E-state index < -0.39 is 23.6 Å². The molecule has 0 atom stereocenters. The van der Waals surface area contributed by atoms with E-state index in [9.17, 15) is 29.1 Å². The molecule has 10 aromatic rings. The van der Waals surface area contributed by atoms with E-state index in [1.165, 1.54) is 16.7 Å². The van der Waals surface area contributed by atoms with Crippen LogP contribution >= 0.6 is 15.9 Å². The molecule has 392 valence electrons. The Hall–Kier alpha value is -9.73. The van der Waals surface area contributed by atoms with Crippen molar-refractivity contribution in [2.45, 2.75) is 40.2 Å². The molecule has 0 fully saturated rings. The Bertz CT molecular complexity index is 3780. The van der Waals surface area contributed by atoms with Crippen molar-refractivity contribution in [2.75, 3.05) is 16.0 Å². The minimum absolute atomic E-state index is 0.0160. The van der Waals surface area contributed by atoms with Gasteiger partial charge in [-0.15, -0.1) is 0 Å². The molecule has 5 N–H and O–H groups in total. The topological polar surface area (TPSA) is 190 Å². The molecule has 0 saturated heterocycles. The molecule has 0 radical (unpaired) electrons. The van der Waals surface area contributed by atoms with Crippen LogP contribution in [0.3, 0.4) is 0 Å². The summed E-state index contributed by atoms with van der Waals surface area (Å²) in [4.78, 5) is 64.0. The van der Waals surface area contributed by atoms with Crippen LogP contribution in [0.5, 0.6) is 23.0 Å². The first-order valence-electron chi connectivity index (χ1n) is 24.6. The second-order valence-electron chi connectivity index (χ2n) is 18.7. The van der Waals surface area contributed by atoms with Crippen LogP contribution in [0.1, 0.15) is 73.3 Å². The number of fused-ring (bicyclic) bond motifs is 2. The van der Waals surface area contributed by atoms with Crippen LogP contribution in [0.25, 0.3) is 21.8 Å². The predicted molar refractivity (Wildman–Crippen MR) is 309 cm³/mol. The maximum Gasteiger partial charge on any atom is 0.418 e. The number of nitrogens with one attached hydrogen (secondary N) is 4. The third-order valence-corrected chi connectivity index (χ3v) is 12.2. The van der Waals surface area contributed by atoms with E-state index in [4.69, 9.17) is 14.2 Å². The fraction of sp³-hybridized carbons (Fsp3) is 0.0952. The maximum absolute atomic E-state index is 12.5. The van der Waals surface area contributed by atoms with E-state index in [1.54, 1.807) is 79.0 Å². The first kappa shape index (κ1) is 54.5. The van der Waals surface area contributed by atoms with Crippen molar-refractivity contribution < 1.29 is 43.3 Å². The third-order valence-electron chi connectivity index (χ3n) is 11.7. The molecule has 0 unspecified atom stereocenters. The summed E-state index contributed by atoms with van der Waals surface area (Å²) in [5.74, 6) is 0.437. The van der Waals surface area contributed by atoms with Gasteiger partial charge in [-0.25, -0.2) is 9.59 Å². The van der Waals surface area contributed by atoms with Gasteiger partial charge in [0.25, 0.3) is 17.7 Å². The van der Waals surface area contributed by atoms with Gasteiger partial charge in [-0.05, 0) is 161 Å². The molecule has 78 heavy (non-hydrogen) atoms. The van der Waals surface area contributed by atoms with Crippen LogP contribution in [-0.4, -0.2) is 50.0 Å². The Morgan fingerprint density at radius 3 is 1.53 bits per heavy atom. The van der Waals surface area contributed by atoms with Gasteiger partial charge in [0.05, 0.1) is 16.8 Å². The first-order valence-corrected chi connectivity index (χ1v) is 25.4. The molecule has 0 spiro atoms. The normalized spacial score (nSPS) is 10.7. The van der Waals surface area contributed by atoms with Crippen LogP contribution in [0, 0.1) is 13.8 Å². The number of amides is 3. The van der Waals surface area contributed by atoms with Crippen LogP contribution < -0.4 is 25.4 Å². The first-order chi connectivity index (χ1) is 37.5. The lowest BCUT2D eigenvalue weighted by atomic mass is 10.1. The van der Waals surface area contributed by atoms with Gasteiger partial charge in [0.15, 0.2) is 0 Å². The highest BCUT2D eigenvalue weighted by Gasteiger charge is 2.20. The van der Waals surface area contributed by atoms with Crippen molar-refractivity contribution in [2.24, 2.45) is 0 Å². The summed E-state index contributed by atoms with van der Waals surface area (Å²) in [5, 5.41) is 19.8. The number of nitrogens with zero attached hydrogens (tertiary/aromatic N) is 1. The van der Waals surface area contributed by atoms with Gasteiger partial charge in [-0.3, -0.25) is 19.0 Å². The zero-order chi connectivity index (χ0) is 55.3. The number of aryl methyl sites for hydroxylation is 2. The van der Waals surface area contributed by atoms with E-state index in [2.05, 4.69) is 36.9 Å². The van der Waals surface area contributed by atoms with Crippen LogP contribution in [0.4, 0.5) is 21.9 Å². The lowest BCUT2D eigenvalue weighted by Gasteiger charge is -2.19. The van der Waals surface area contributed by atoms with E-state index >= 15 is 0 Å². The molecule has 10 rings (SSSR count). The minimum Gasteiger partial charge on any atom is -0.478 e. The maximum atomic E-state index is 12.5. The molecule has 14 nitrogen and oxygen atoms in total. The fourth-order valence-electron chi connectivity index (χ4n) is 7.78. The Morgan fingerprint density at radius 1 is 0.513 bits per heavy atom. The number of carboxylic acids is 1. The van der Waals surface area contributed by atoms with Gasteiger partial charge in [-0.1, -0.05) is 82.7 Å². The number of ether oxygens (including phenoxy) is 3. The van der Waals surface area contributed by atoms with Crippen LogP contribution in [0.15, 0.2) is 211 Å². The van der Waals surface area contributed by atoms with Gasteiger partial charge in [-0.2, -0.15) is 0 Å². The highest BCUT2D eigenvalue weighted by Crippen LogP contribution is 2.32. The number of carbonyl (C=O) groups excluding carboxylic acids is 4. The highest BCUT2D eigenvalue weighted by atomic mass is 79.9. The summed E-state index contributed by atoms with van der Waals surface area (Å²) < 4.78 is 19.8. The van der Waals surface area contributed by atoms with Gasteiger partial charge in [0.2, 0.25) is 0 Å². The predicted octanol–water partition coefficient (Wildman–Crippen LogP) is 15.7. The van der Waals surface area contributed by atoms with Crippen molar-refractivity contribution in [1.82, 2.24) is 9.55 Å². The number of aromatic amines is 1. The lowest BCUT2D eigenvalue weighted by Crippen LogP contribution is -2.26. The van der Waals surface area contributed by atoms with E-state index in [1.807, 2.05) is 150 Å². The number of halogens is 1. The molecule has 15 heteroatoms. The summed E-state index contributed by atoms with van der Waals surface area (Å²) in [6.45, 7) is 9.39. The molecule has 0 aliphatic carbocycles. The number of hydrogen-bond acceptors (Lipinski definition) is 8. The zero-order valence-electron chi connectivity index (χ0n) is 43.2. The minimum atomic E-state index is -1.14. The van der Waals surface area contributed by atoms with Crippen LogP contribution in [0.2, 0.25) is 0 Å². The third kappa shape index (κ3) is 14.6. The average Bonchev–Trinajstić information content (AvgIpc) is 4.11. The van der Waals surface area contributed by atoms with Crippen molar-refractivity contribution in [1.29, 1.82) is 0 Å². The molecular formula is C63H54BrN5O9. The summed E-state index contributed by atoms with van der Waals surface area (Å²) in [6.07, 6.45) is 3.10. The molecule has 0 bridgehead atoms. The standard InChI is InChI=1S/C27H26N2O4.C22H16N2O4.C14H12BrNO/c1-18-10-11-22(17-23(18)28-25(30)19-8-6-5-7-9-19)32-21-12-13-24-20(16-21)14-15-29(24)26(31)33-27(2,3)4;25-21(14-4-2-1-3-5-14)24-20-13-17(6-8-18(20)22(26)27)28-16-7-9-19-15(12-16)10-11-23-19;1-10-7-8-12(15)9-13(10)16-14(17)11-5-3-2-4-6-11/h5-17H,1-4H3,(H,28,30);1-13,23H,(H,24,25)(H,26,27);2-9H,1H3,(H,16,17). The van der Waals surface area contributed by atoms with Crippen molar-refractivity contribution in [3.05, 3.63) is 244 Å². The number of carboxylic acid groups (broad SMARTS) is 1.